The van der Waals surface area contributed by atoms with E-state index in [0.717, 1.165) is 27.8 Å². The number of benzene rings is 2. The predicted octanol–water partition coefficient (Wildman–Crippen LogP) is 3.40. The molecule has 0 saturated heterocycles. The Morgan fingerprint density at radius 1 is 0.722 bits per heavy atom. The van der Waals surface area contributed by atoms with Gasteiger partial charge in [-0.1, -0.05) is 6.07 Å². The van der Waals surface area contributed by atoms with E-state index in [0.29, 0.717) is 0 Å². The van der Waals surface area contributed by atoms with E-state index in [4.69, 9.17) is 0 Å². The van der Waals surface area contributed by atoms with E-state index in [9.17, 15) is 15.3 Å². The molecule has 0 aliphatic carbocycles. The third-order valence-corrected chi connectivity index (χ3v) is 3.34. The van der Waals surface area contributed by atoms with Crippen molar-refractivity contribution in [1.82, 2.24) is 0 Å². The van der Waals surface area contributed by atoms with E-state index in [1.165, 1.54) is 12.1 Å². The standard InChI is InChI=1S/C15H16O3/c1-8-6-13(17)10(3)15(9(8)2)11-4-5-12(16)14(18)7-11/h4-7,16-18H,1-3H3. The Hall–Kier alpha value is -2.16. The largest absolute Gasteiger partial charge is 0.508 e. The molecule has 3 heteroatoms. The molecule has 0 aliphatic rings. The number of rotatable bonds is 1. The van der Waals surface area contributed by atoms with Crippen LogP contribution in [-0.4, -0.2) is 15.3 Å². The van der Waals surface area contributed by atoms with Gasteiger partial charge < -0.3 is 15.3 Å². The second-order valence-corrected chi connectivity index (χ2v) is 4.54. The van der Waals surface area contributed by atoms with Crippen molar-refractivity contribution in [3.63, 3.8) is 0 Å². The highest BCUT2D eigenvalue weighted by atomic mass is 16.3. The third-order valence-electron chi connectivity index (χ3n) is 3.34. The van der Waals surface area contributed by atoms with Crippen molar-refractivity contribution < 1.29 is 15.3 Å². The zero-order valence-electron chi connectivity index (χ0n) is 10.7. The van der Waals surface area contributed by atoms with Crippen LogP contribution in [0.5, 0.6) is 17.2 Å². The predicted molar refractivity (Wildman–Crippen MR) is 71.1 cm³/mol. The van der Waals surface area contributed by atoms with Crippen LogP contribution in [0, 0.1) is 20.8 Å². The molecule has 2 rings (SSSR count). The molecule has 2 aromatic carbocycles. The van der Waals surface area contributed by atoms with Crippen molar-refractivity contribution in [3.05, 3.63) is 41.0 Å². The SMILES string of the molecule is Cc1cc(O)c(C)c(-c2ccc(O)c(O)c2)c1C. The maximum Gasteiger partial charge on any atom is 0.158 e. The lowest BCUT2D eigenvalue weighted by Crippen LogP contribution is -1.92. The molecule has 0 unspecified atom stereocenters. The van der Waals surface area contributed by atoms with Crippen LogP contribution in [0.2, 0.25) is 0 Å². The molecular formula is C15H16O3. The molecule has 0 fully saturated rings. The lowest BCUT2D eigenvalue weighted by molar-refractivity contribution is 0.404. The average Bonchev–Trinajstić information content (AvgIpc) is 2.31. The van der Waals surface area contributed by atoms with E-state index < -0.39 is 0 Å². The Kier molecular flexibility index (Phi) is 2.91. The van der Waals surface area contributed by atoms with Gasteiger partial charge in [-0.2, -0.15) is 0 Å². The maximum atomic E-state index is 9.88. The Morgan fingerprint density at radius 2 is 1.39 bits per heavy atom. The van der Waals surface area contributed by atoms with E-state index in [1.807, 2.05) is 20.8 Å². The van der Waals surface area contributed by atoms with Gasteiger partial charge in [0.1, 0.15) is 5.75 Å². The molecule has 0 spiro atoms. The fourth-order valence-corrected chi connectivity index (χ4v) is 2.14. The number of aryl methyl sites for hydroxylation is 1. The lowest BCUT2D eigenvalue weighted by atomic mass is 9.92. The number of hydrogen-bond donors (Lipinski definition) is 3. The number of hydrogen-bond acceptors (Lipinski definition) is 3. The van der Waals surface area contributed by atoms with Crippen LogP contribution < -0.4 is 0 Å². The molecule has 3 nitrogen and oxygen atoms in total. The monoisotopic (exact) mass is 244 g/mol. The fraction of sp³-hybridized carbons (Fsp3) is 0.200. The van der Waals surface area contributed by atoms with Gasteiger partial charge in [0, 0.05) is 0 Å². The summed E-state index contributed by atoms with van der Waals surface area (Å²) in [6.07, 6.45) is 0. The first kappa shape index (κ1) is 12.3. The molecule has 94 valence electrons. The van der Waals surface area contributed by atoms with Crippen LogP contribution in [0.4, 0.5) is 0 Å². The van der Waals surface area contributed by atoms with Gasteiger partial charge in [-0.25, -0.2) is 0 Å². The summed E-state index contributed by atoms with van der Waals surface area (Å²) >= 11 is 0. The second-order valence-electron chi connectivity index (χ2n) is 4.54. The minimum atomic E-state index is -0.160. The quantitative estimate of drug-likeness (QED) is 0.674. The van der Waals surface area contributed by atoms with Gasteiger partial charge in [-0.3, -0.25) is 0 Å². The third kappa shape index (κ3) is 1.88. The van der Waals surface area contributed by atoms with Crippen LogP contribution in [0.25, 0.3) is 11.1 Å². The zero-order chi connectivity index (χ0) is 13.4. The van der Waals surface area contributed by atoms with Gasteiger partial charge in [0.05, 0.1) is 0 Å². The van der Waals surface area contributed by atoms with Gasteiger partial charge in [0.15, 0.2) is 11.5 Å². The summed E-state index contributed by atoms with van der Waals surface area (Å²) in [5.41, 5.74) is 4.47. The molecule has 0 aromatic heterocycles. The lowest BCUT2D eigenvalue weighted by Gasteiger charge is -2.15. The summed E-state index contributed by atoms with van der Waals surface area (Å²) in [6, 6.07) is 6.41. The minimum absolute atomic E-state index is 0.147. The molecule has 3 N–H and O–H groups in total. The van der Waals surface area contributed by atoms with E-state index in [1.54, 1.807) is 12.1 Å². The first-order valence-electron chi connectivity index (χ1n) is 5.74. The van der Waals surface area contributed by atoms with Crippen LogP contribution >= 0.6 is 0 Å². The van der Waals surface area contributed by atoms with Gasteiger partial charge in [0.2, 0.25) is 0 Å². The zero-order valence-corrected chi connectivity index (χ0v) is 10.7. The molecule has 0 amide bonds. The van der Waals surface area contributed by atoms with Crippen LogP contribution in [0.3, 0.4) is 0 Å². The normalized spacial score (nSPS) is 10.6. The van der Waals surface area contributed by atoms with E-state index in [2.05, 4.69) is 0 Å². The molecule has 18 heavy (non-hydrogen) atoms. The van der Waals surface area contributed by atoms with Gasteiger partial charge in [-0.15, -0.1) is 0 Å². The number of phenols is 3. The smallest absolute Gasteiger partial charge is 0.158 e. The highest BCUT2D eigenvalue weighted by Gasteiger charge is 2.13. The van der Waals surface area contributed by atoms with Crippen molar-refractivity contribution in [3.8, 4) is 28.4 Å². The summed E-state index contributed by atoms with van der Waals surface area (Å²) < 4.78 is 0. The second kappa shape index (κ2) is 4.26. The fourth-order valence-electron chi connectivity index (χ4n) is 2.14. The summed E-state index contributed by atoms with van der Waals surface area (Å²) in [5, 5.41) is 28.8. The Bertz CT molecular complexity index is 589. The van der Waals surface area contributed by atoms with Crippen LogP contribution in [-0.2, 0) is 0 Å². The Balaban J connectivity index is 2.74. The van der Waals surface area contributed by atoms with Gasteiger partial charge in [0.25, 0.3) is 0 Å². The van der Waals surface area contributed by atoms with Crippen LogP contribution in [0.15, 0.2) is 24.3 Å². The van der Waals surface area contributed by atoms with Crippen molar-refractivity contribution in [2.45, 2.75) is 20.8 Å². The molecule has 0 heterocycles. The molecule has 0 bridgehead atoms. The molecule has 0 radical (unpaired) electrons. The number of aromatic hydroxyl groups is 3. The van der Waals surface area contributed by atoms with Crippen molar-refractivity contribution in [1.29, 1.82) is 0 Å². The van der Waals surface area contributed by atoms with E-state index >= 15 is 0 Å². The average molecular weight is 244 g/mol. The Morgan fingerprint density at radius 3 is 2.00 bits per heavy atom. The van der Waals surface area contributed by atoms with Crippen LogP contribution in [0.1, 0.15) is 16.7 Å². The first-order valence-corrected chi connectivity index (χ1v) is 5.74. The summed E-state index contributed by atoms with van der Waals surface area (Å²) in [7, 11) is 0. The molecular weight excluding hydrogens is 228 g/mol. The summed E-state index contributed by atoms with van der Waals surface area (Å²) in [5.74, 6) is -0.0705. The van der Waals surface area contributed by atoms with Gasteiger partial charge >= 0.3 is 0 Å². The summed E-state index contributed by atoms with van der Waals surface area (Å²) in [6.45, 7) is 5.74. The van der Waals surface area contributed by atoms with Crippen molar-refractivity contribution >= 4 is 0 Å². The van der Waals surface area contributed by atoms with Crippen molar-refractivity contribution in [2.24, 2.45) is 0 Å². The Labute approximate surface area is 106 Å². The summed E-state index contributed by atoms with van der Waals surface area (Å²) in [4.78, 5) is 0. The van der Waals surface area contributed by atoms with Crippen molar-refractivity contribution in [2.75, 3.05) is 0 Å². The molecule has 0 atom stereocenters. The maximum absolute atomic E-state index is 9.88. The highest BCUT2D eigenvalue weighted by Crippen LogP contribution is 2.37. The molecule has 0 saturated carbocycles. The minimum Gasteiger partial charge on any atom is -0.508 e. The topological polar surface area (TPSA) is 60.7 Å². The van der Waals surface area contributed by atoms with Gasteiger partial charge in [-0.05, 0) is 66.8 Å². The highest BCUT2D eigenvalue weighted by molar-refractivity contribution is 5.76. The van der Waals surface area contributed by atoms with E-state index in [-0.39, 0.29) is 17.2 Å². The first-order chi connectivity index (χ1) is 8.41. The molecule has 2 aromatic rings. The number of phenolic OH excluding ortho intramolecular Hbond substituents is 3. The molecule has 0 aliphatic heterocycles.